The number of guanidine groups is 1. The molecule has 2 aliphatic heterocycles. The molecular weight excluding hydrogens is 296 g/mol. The first-order valence-electron chi connectivity index (χ1n) is 9.31. The molecule has 0 radical (unpaired) electrons. The summed E-state index contributed by atoms with van der Waals surface area (Å²) in [6.45, 7) is 10.4. The molecule has 1 N–H and O–H groups in total. The largest absolute Gasteiger partial charge is 0.357 e. The summed E-state index contributed by atoms with van der Waals surface area (Å²) in [6, 6.07) is 9.31. The minimum absolute atomic E-state index is 0.659. The minimum Gasteiger partial charge on any atom is -0.357 e. The Labute approximate surface area is 146 Å². The predicted octanol–water partition coefficient (Wildman–Crippen LogP) is 2.66. The average molecular weight is 326 g/mol. The van der Waals surface area contributed by atoms with Gasteiger partial charge < -0.3 is 10.2 Å². The van der Waals surface area contributed by atoms with E-state index in [0.29, 0.717) is 6.04 Å². The van der Waals surface area contributed by atoms with Gasteiger partial charge in [-0.1, -0.05) is 43.3 Å². The second-order valence-electron chi connectivity index (χ2n) is 6.61. The standard InChI is InChI=1S/C20H30N4/c1-3-17-9-5-6-10-18(17)15-22-20(21-4-2)24-14-11-19(16-24)23-12-7-8-13-23/h5-10,19H,3-4,11-16H2,1-2H3,(H,21,22). The SMILES string of the molecule is CCNC(=NCc1ccccc1CC)N1CCC(N2CC=CC2)C1. The molecule has 1 unspecified atom stereocenters. The van der Waals surface area contributed by atoms with Gasteiger partial charge in [-0.15, -0.1) is 0 Å². The van der Waals surface area contributed by atoms with Crippen LogP contribution in [0, 0.1) is 0 Å². The van der Waals surface area contributed by atoms with Crippen LogP contribution in [0.25, 0.3) is 0 Å². The van der Waals surface area contributed by atoms with Crippen molar-refractivity contribution in [3.8, 4) is 0 Å². The lowest BCUT2D eigenvalue weighted by Crippen LogP contribution is -2.42. The van der Waals surface area contributed by atoms with Crippen LogP contribution >= 0.6 is 0 Å². The summed E-state index contributed by atoms with van der Waals surface area (Å²) in [4.78, 5) is 9.93. The van der Waals surface area contributed by atoms with Crippen molar-refractivity contribution in [1.82, 2.24) is 15.1 Å². The average Bonchev–Trinajstić information content (AvgIpc) is 3.29. The van der Waals surface area contributed by atoms with E-state index in [0.717, 1.165) is 51.6 Å². The number of nitrogens with one attached hydrogen (secondary N) is 1. The molecule has 1 fully saturated rings. The van der Waals surface area contributed by atoms with E-state index in [1.165, 1.54) is 17.5 Å². The van der Waals surface area contributed by atoms with Crippen LogP contribution in [-0.2, 0) is 13.0 Å². The first-order chi connectivity index (χ1) is 11.8. The van der Waals surface area contributed by atoms with E-state index in [-0.39, 0.29) is 0 Å². The maximum absolute atomic E-state index is 4.93. The van der Waals surface area contributed by atoms with Gasteiger partial charge in [-0.3, -0.25) is 4.90 Å². The van der Waals surface area contributed by atoms with Gasteiger partial charge in [-0.25, -0.2) is 4.99 Å². The van der Waals surface area contributed by atoms with Gasteiger partial charge in [0, 0.05) is 38.8 Å². The number of aryl methyl sites for hydroxylation is 1. The second kappa shape index (κ2) is 8.34. The molecule has 0 saturated carbocycles. The van der Waals surface area contributed by atoms with Crippen LogP contribution in [0.3, 0.4) is 0 Å². The summed E-state index contributed by atoms with van der Waals surface area (Å²) in [5.41, 5.74) is 2.74. The number of benzene rings is 1. The Morgan fingerprint density at radius 3 is 2.62 bits per heavy atom. The fraction of sp³-hybridized carbons (Fsp3) is 0.550. The van der Waals surface area contributed by atoms with E-state index >= 15 is 0 Å². The summed E-state index contributed by atoms with van der Waals surface area (Å²) in [5, 5.41) is 3.49. The molecule has 1 saturated heterocycles. The van der Waals surface area contributed by atoms with Crippen LogP contribution in [-0.4, -0.2) is 54.5 Å². The van der Waals surface area contributed by atoms with Crippen molar-refractivity contribution in [2.24, 2.45) is 4.99 Å². The molecule has 0 amide bonds. The summed E-state index contributed by atoms with van der Waals surface area (Å²) >= 11 is 0. The molecule has 4 nitrogen and oxygen atoms in total. The molecule has 130 valence electrons. The second-order valence-corrected chi connectivity index (χ2v) is 6.61. The van der Waals surface area contributed by atoms with E-state index in [9.17, 15) is 0 Å². The highest BCUT2D eigenvalue weighted by Crippen LogP contribution is 2.18. The van der Waals surface area contributed by atoms with E-state index in [4.69, 9.17) is 4.99 Å². The maximum Gasteiger partial charge on any atom is 0.194 e. The lowest BCUT2D eigenvalue weighted by atomic mass is 10.1. The fourth-order valence-corrected chi connectivity index (χ4v) is 3.67. The smallest absolute Gasteiger partial charge is 0.194 e. The molecule has 4 heteroatoms. The summed E-state index contributed by atoms with van der Waals surface area (Å²) in [7, 11) is 0. The third kappa shape index (κ3) is 3.99. The van der Waals surface area contributed by atoms with Crippen LogP contribution in [0.2, 0.25) is 0 Å². The zero-order valence-corrected chi connectivity index (χ0v) is 15.0. The minimum atomic E-state index is 0.659. The number of aliphatic imine (C=N–C) groups is 1. The van der Waals surface area contributed by atoms with E-state index in [1.54, 1.807) is 0 Å². The van der Waals surface area contributed by atoms with Gasteiger partial charge >= 0.3 is 0 Å². The van der Waals surface area contributed by atoms with Gasteiger partial charge in [0.25, 0.3) is 0 Å². The van der Waals surface area contributed by atoms with Crippen molar-refractivity contribution in [3.05, 3.63) is 47.5 Å². The number of hydrogen-bond donors (Lipinski definition) is 1. The number of nitrogens with zero attached hydrogens (tertiary/aromatic N) is 3. The predicted molar refractivity (Wildman–Crippen MR) is 101 cm³/mol. The van der Waals surface area contributed by atoms with Gasteiger partial charge in [-0.05, 0) is 30.9 Å². The van der Waals surface area contributed by atoms with Gasteiger partial charge in [0.15, 0.2) is 5.96 Å². The van der Waals surface area contributed by atoms with E-state index in [2.05, 4.69) is 65.4 Å². The topological polar surface area (TPSA) is 30.9 Å². The lowest BCUT2D eigenvalue weighted by Gasteiger charge is -2.25. The van der Waals surface area contributed by atoms with Crippen LogP contribution in [0.5, 0.6) is 0 Å². The molecule has 0 spiro atoms. The van der Waals surface area contributed by atoms with Gasteiger partial charge in [0.1, 0.15) is 0 Å². The Bertz CT molecular complexity index is 585. The van der Waals surface area contributed by atoms with Crippen molar-refractivity contribution in [1.29, 1.82) is 0 Å². The zero-order chi connectivity index (χ0) is 16.8. The van der Waals surface area contributed by atoms with Crippen LogP contribution in [0.4, 0.5) is 0 Å². The highest BCUT2D eigenvalue weighted by atomic mass is 15.3. The van der Waals surface area contributed by atoms with Crippen LogP contribution < -0.4 is 5.32 Å². The molecular formula is C20H30N4. The van der Waals surface area contributed by atoms with Crippen molar-refractivity contribution >= 4 is 5.96 Å². The lowest BCUT2D eigenvalue weighted by molar-refractivity contribution is 0.259. The maximum atomic E-state index is 4.93. The monoisotopic (exact) mass is 326 g/mol. The highest BCUT2D eigenvalue weighted by Gasteiger charge is 2.29. The summed E-state index contributed by atoms with van der Waals surface area (Å²) in [6.07, 6.45) is 6.86. The quantitative estimate of drug-likeness (QED) is 0.513. The molecule has 0 bridgehead atoms. The summed E-state index contributed by atoms with van der Waals surface area (Å²) in [5.74, 6) is 1.07. The Kier molecular flexibility index (Phi) is 5.91. The Balaban J connectivity index is 1.65. The highest BCUT2D eigenvalue weighted by molar-refractivity contribution is 5.80. The van der Waals surface area contributed by atoms with E-state index < -0.39 is 0 Å². The molecule has 3 rings (SSSR count). The van der Waals surface area contributed by atoms with Gasteiger partial charge in [0.05, 0.1) is 6.54 Å². The van der Waals surface area contributed by atoms with Gasteiger partial charge in [-0.2, -0.15) is 0 Å². The Morgan fingerprint density at radius 2 is 1.92 bits per heavy atom. The molecule has 2 aliphatic rings. The molecule has 1 aromatic rings. The first kappa shape index (κ1) is 17.0. The van der Waals surface area contributed by atoms with E-state index in [1.807, 2.05) is 0 Å². The van der Waals surface area contributed by atoms with Crippen molar-refractivity contribution in [2.45, 2.75) is 39.3 Å². The van der Waals surface area contributed by atoms with Crippen molar-refractivity contribution in [2.75, 3.05) is 32.7 Å². The molecule has 1 atom stereocenters. The zero-order valence-electron chi connectivity index (χ0n) is 15.0. The van der Waals surface area contributed by atoms with Gasteiger partial charge in [0.2, 0.25) is 0 Å². The number of rotatable bonds is 5. The summed E-state index contributed by atoms with van der Waals surface area (Å²) < 4.78 is 0. The number of likely N-dealkylation sites (tertiary alicyclic amines) is 1. The molecule has 24 heavy (non-hydrogen) atoms. The molecule has 0 aliphatic carbocycles. The third-order valence-corrected chi connectivity index (χ3v) is 5.06. The molecule has 0 aromatic heterocycles. The molecule has 2 heterocycles. The molecule has 1 aromatic carbocycles. The van der Waals surface area contributed by atoms with Crippen molar-refractivity contribution in [3.63, 3.8) is 0 Å². The van der Waals surface area contributed by atoms with Crippen molar-refractivity contribution < 1.29 is 0 Å². The Hall–Kier alpha value is -1.81. The van der Waals surface area contributed by atoms with Crippen LogP contribution in [0.15, 0.2) is 41.4 Å². The number of hydrogen-bond acceptors (Lipinski definition) is 2. The normalized spacial score (nSPS) is 21.7. The Morgan fingerprint density at radius 1 is 1.17 bits per heavy atom. The fourth-order valence-electron chi connectivity index (χ4n) is 3.67. The first-order valence-corrected chi connectivity index (χ1v) is 9.31. The van der Waals surface area contributed by atoms with Crippen LogP contribution in [0.1, 0.15) is 31.4 Å². The third-order valence-electron chi connectivity index (χ3n) is 5.06.